The van der Waals surface area contributed by atoms with Crippen molar-refractivity contribution >= 4 is 23.2 Å². The zero-order chi connectivity index (χ0) is 19.0. The predicted octanol–water partition coefficient (Wildman–Crippen LogP) is 6.00. The molecule has 3 aromatic rings. The lowest BCUT2D eigenvalue weighted by molar-refractivity contribution is 0.379. The fourth-order valence-corrected chi connectivity index (χ4v) is 3.62. The maximum Gasteiger partial charge on any atom is 0.124 e. The molecule has 2 aromatic carbocycles. The molecule has 0 aliphatic heterocycles. The van der Waals surface area contributed by atoms with Crippen molar-refractivity contribution in [1.82, 2.24) is 14.5 Å². The van der Waals surface area contributed by atoms with Gasteiger partial charge < -0.3 is 9.47 Å². The second-order valence-electron chi connectivity index (χ2n) is 7.53. The van der Waals surface area contributed by atoms with E-state index in [1.807, 2.05) is 36.4 Å². The number of rotatable bonds is 6. The van der Waals surface area contributed by atoms with Crippen molar-refractivity contribution in [2.75, 3.05) is 14.1 Å². The monoisotopic (exact) mass is 399 g/mol. The van der Waals surface area contributed by atoms with E-state index in [9.17, 15) is 0 Å². The predicted molar refractivity (Wildman–Crippen MR) is 113 cm³/mol. The summed E-state index contributed by atoms with van der Waals surface area (Å²) in [5, 5.41) is 1.48. The highest BCUT2D eigenvalue weighted by Gasteiger charge is 2.27. The van der Waals surface area contributed by atoms with Crippen molar-refractivity contribution in [3.05, 3.63) is 64.4 Å². The van der Waals surface area contributed by atoms with E-state index < -0.39 is 0 Å². The van der Waals surface area contributed by atoms with Gasteiger partial charge in [-0.1, -0.05) is 47.5 Å². The van der Waals surface area contributed by atoms with Crippen LogP contribution in [-0.2, 0) is 13.1 Å². The van der Waals surface area contributed by atoms with Gasteiger partial charge in [-0.2, -0.15) is 0 Å². The van der Waals surface area contributed by atoms with Gasteiger partial charge in [0.2, 0.25) is 0 Å². The van der Waals surface area contributed by atoms with E-state index in [4.69, 9.17) is 28.2 Å². The molecule has 27 heavy (non-hydrogen) atoms. The summed E-state index contributed by atoms with van der Waals surface area (Å²) in [6.07, 6.45) is 2.60. The fourth-order valence-electron chi connectivity index (χ4n) is 3.37. The molecule has 1 aromatic heterocycles. The molecule has 5 heteroatoms. The van der Waals surface area contributed by atoms with Crippen LogP contribution in [0.4, 0.5) is 0 Å². The summed E-state index contributed by atoms with van der Waals surface area (Å²) in [6, 6.07) is 16.0. The molecule has 1 fully saturated rings. The Bertz CT molecular complexity index is 923. The van der Waals surface area contributed by atoms with Crippen LogP contribution in [0.5, 0.6) is 0 Å². The SMILES string of the molecule is CN(C)Cc1nc(-c2ccc(Cl)cc2)c(-c2ccc(Cl)cc2)n1CC1CC1. The Kier molecular flexibility index (Phi) is 5.27. The largest absolute Gasteiger partial charge is 0.326 e. The first-order valence-corrected chi connectivity index (χ1v) is 10.0. The van der Waals surface area contributed by atoms with Crippen LogP contribution in [0.1, 0.15) is 18.7 Å². The van der Waals surface area contributed by atoms with E-state index in [1.54, 1.807) is 0 Å². The Morgan fingerprint density at radius 2 is 1.48 bits per heavy atom. The molecule has 0 N–H and O–H groups in total. The summed E-state index contributed by atoms with van der Waals surface area (Å²) >= 11 is 12.2. The van der Waals surface area contributed by atoms with Crippen LogP contribution in [0.2, 0.25) is 10.0 Å². The first kappa shape index (κ1) is 18.5. The molecule has 0 unspecified atom stereocenters. The molecule has 1 aliphatic carbocycles. The third-order valence-corrected chi connectivity index (χ3v) is 5.38. The average molecular weight is 400 g/mol. The van der Waals surface area contributed by atoms with E-state index in [-0.39, 0.29) is 0 Å². The van der Waals surface area contributed by atoms with Crippen LogP contribution in [0.3, 0.4) is 0 Å². The lowest BCUT2D eigenvalue weighted by Gasteiger charge is -2.15. The van der Waals surface area contributed by atoms with Gasteiger partial charge in [0, 0.05) is 27.7 Å². The van der Waals surface area contributed by atoms with Gasteiger partial charge in [-0.3, -0.25) is 0 Å². The highest BCUT2D eigenvalue weighted by Crippen LogP contribution is 2.38. The van der Waals surface area contributed by atoms with Gasteiger partial charge in [-0.05, 0) is 57.1 Å². The van der Waals surface area contributed by atoms with Crippen LogP contribution < -0.4 is 0 Å². The number of imidazole rings is 1. The Labute approximate surface area is 170 Å². The maximum atomic E-state index is 6.14. The Morgan fingerprint density at radius 1 is 0.926 bits per heavy atom. The van der Waals surface area contributed by atoms with E-state index in [1.165, 1.54) is 12.8 Å². The van der Waals surface area contributed by atoms with Gasteiger partial charge >= 0.3 is 0 Å². The number of nitrogens with zero attached hydrogens (tertiary/aromatic N) is 3. The van der Waals surface area contributed by atoms with E-state index in [2.05, 4.69) is 35.7 Å². The summed E-state index contributed by atoms with van der Waals surface area (Å²) in [5.74, 6) is 1.85. The topological polar surface area (TPSA) is 21.1 Å². The van der Waals surface area contributed by atoms with Crippen molar-refractivity contribution in [1.29, 1.82) is 0 Å². The van der Waals surface area contributed by atoms with Crippen LogP contribution in [0.25, 0.3) is 22.5 Å². The number of aromatic nitrogens is 2. The number of halogens is 2. The van der Waals surface area contributed by atoms with E-state index in [0.29, 0.717) is 0 Å². The number of hydrogen-bond donors (Lipinski definition) is 0. The second-order valence-corrected chi connectivity index (χ2v) is 8.40. The normalized spacial score (nSPS) is 14.1. The Balaban J connectivity index is 1.90. The summed E-state index contributed by atoms with van der Waals surface area (Å²) in [7, 11) is 4.17. The molecular weight excluding hydrogens is 377 g/mol. The molecule has 4 rings (SSSR count). The Hall–Kier alpha value is -1.81. The van der Waals surface area contributed by atoms with Crippen molar-refractivity contribution in [3.8, 4) is 22.5 Å². The molecule has 140 valence electrons. The van der Waals surface area contributed by atoms with Gasteiger partial charge in [0.05, 0.1) is 17.9 Å². The van der Waals surface area contributed by atoms with Crippen molar-refractivity contribution < 1.29 is 0 Å². The first-order valence-electron chi connectivity index (χ1n) is 9.27. The number of hydrogen-bond acceptors (Lipinski definition) is 2. The lowest BCUT2D eigenvalue weighted by Crippen LogP contribution is -2.16. The molecule has 1 saturated carbocycles. The smallest absolute Gasteiger partial charge is 0.124 e. The third kappa shape index (κ3) is 4.21. The fraction of sp³-hybridized carbons (Fsp3) is 0.318. The maximum absolute atomic E-state index is 6.14. The standard InChI is InChI=1S/C22H23Cl2N3/c1-26(2)14-20-25-21(16-5-9-18(23)10-6-16)22(27(20)13-15-3-4-15)17-7-11-19(24)12-8-17/h5-12,15H,3-4,13-14H2,1-2H3. The van der Waals surface area contributed by atoms with Gasteiger partial charge in [0.15, 0.2) is 0 Å². The average Bonchev–Trinajstić information content (AvgIpc) is 3.39. The minimum atomic E-state index is 0.734. The lowest BCUT2D eigenvalue weighted by atomic mass is 10.0. The van der Waals surface area contributed by atoms with Gasteiger partial charge in [-0.15, -0.1) is 0 Å². The minimum absolute atomic E-state index is 0.734. The van der Waals surface area contributed by atoms with E-state index in [0.717, 1.165) is 57.4 Å². The van der Waals surface area contributed by atoms with Crippen molar-refractivity contribution in [2.45, 2.75) is 25.9 Å². The molecule has 3 nitrogen and oxygen atoms in total. The van der Waals surface area contributed by atoms with E-state index >= 15 is 0 Å². The van der Waals surface area contributed by atoms with Crippen LogP contribution >= 0.6 is 23.2 Å². The van der Waals surface area contributed by atoms with Gasteiger partial charge in [0.25, 0.3) is 0 Å². The summed E-state index contributed by atoms with van der Waals surface area (Å²) in [5.41, 5.74) is 4.39. The van der Waals surface area contributed by atoms with Crippen molar-refractivity contribution in [3.63, 3.8) is 0 Å². The summed E-state index contributed by atoms with van der Waals surface area (Å²) < 4.78 is 2.41. The van der Waals surface area contributed by atoms with Crippen LogP contribution in [0.15, 0.2) is 48.5 Å². The highest BCUT2D eigenvalue weighted by molar-refractivity contribution is 6.31. The second kappa shape index (κ2) is 7.67. The Morgan fingerprint density at radius 3 is 2.00 bits per heavy atom. The van der Waals surface area contributed by atoms with Gasteiger partial charge in [0.1, 0.15) is 5.82 Å². The van der Waals surface area contributed by atoms with Crippen molar-refractivity contribution in [2.24, 2.45) is 5.92 Å². The summed E-state index contributed by atoms with van der Waals surface area (Å²) in [4.78, 5) is 7.24. The summed E-state index contributed by atoms with van der Waals surface area (Å²) in [6.45, 7) is 1.82. The molecule has 0 spiro atoms. The molecule has 0 atom stereocenters. The van der Waals surface area contributed by atoms with Crippen LogP contribution in [-0.4, -0.2) is 28.5 Å². The number of benzene rings is 2. The first-order chi connectivity index (χ1) is 13.0. The quantitative estimate of drug-likeness (QED) is 0.506. The molecule has 0 bridgehead atoms. The molecule has 1 aliphatic rings. The minimum Gasteiger partial charge on any atom is -0.326 e. The molecule has 0 saturated heterocycles. The zero-order valence-electron chi connectivity index (χ0n) is 15.6. The third-order valence-electron chi connectivity index (χ3n) is 4.88. The molecular formula is C22H23Cl2N3. The molecule has 0 radical (unpaired) electrons. The van der Waals surface area contributed by atoms with Gasteiger partial charge in [-0.25, -0.2) is 4.98 Å². The molecule has 0 amide bonds. The van der Waals surface area contributed by atoms with Crippen LogP contribution in [0, 0.1) is 5.92 Å². The zero-order valence-corrected chi connectivity index (χ0v) is 17.1. The molecule has 1 heterocycles. The highest BCUT2D eigenvalue weighted by atomic mass is 35.5.